The fourth-order valence-electron chi connectivity index (χ4n) is 4.16. The van der Waals surface area contributed by atoms with Gasteiger partial charge in [0.2, 0.25) is 0 Å². The van der Waals surface area contributed by atoms with Crippen LogP contribution in [0.25, 0.3) is 0 Å². The van der Waals surface area contributed by atoms with E-state index in [1.807, 2.05) is 0 Å². The van der Waals surface area contributed by atoms with Gasteiger partial charge in [-0.15, -0.1) is 0 Å². The number of methoxy groups -OCH3 is 1. The van der Waals surface area contributed by atoms with E-state index in [2.05, 4.69) is 45.3 Å². The lowest BCUT2D eigenvalue weighted by Crippen LogP contribution is -2.35. The molecule has 1 aromatic carbocycles. The Kier molecular flexibility index (Phi) is 4.74. The molecule has 0 radical (unpaired) electrons. The molecule has 2 heteroatoms. The SMILES string of the molecule is CCC1(C(NC)c2c(C)cc(C)cc2OC)CCCC1. The molecular weight excluding hydrogens is 246 g/mol. The predicted molar refractivity (Wildman–Crippen MR) is 85.5 cm³/mol. The Balaban J connectivity index is 2.51. The molecule has 20 heavy (non-hydrogen) atoms. The second-order valence-electron chi connectivity index (χ2n) is 6.34. The molecule has 112 valence electrons. The summed E-state index contributed by atoms with van der Waals surface area (Å²) in [5, 5.41) is 3.61. The third-order valence-electron chi connectivity index (χ3n) is 5.21. The van der Waals surface area contributed by atoms with Crippen LogP contribution in [-0.2, 0) is 0 Å². The van der Waals surface area contributed by atoms with Crippen molar-refractivity contribution in [3.05, 3.63) is 28.8 Å². The third-order valence-corrected chi connectivity index (χ3v) is 5.21. The zero-order chi connectivity index (χ0) is 14.8. The van der Waals surface area contributed by atoms with Crippen molar-refractivity contribution in [2.75, 3.05) is 14.2 Å². The molecule has 0 bridgehead atoms. The number of hydrogen-bond donors (Lipinski definition) is 1. The van der Waals surface area contributed by atoms with Crippen molar-refractivity contribution in [1.82, 2.24) is 5.32 Å². The molecule has 1 atom stereocenters. The van der Waals surface area contributed by atoms with E-state index in [-0.39, 0.29) is 0 Å². The maximum atomic E-state index is 5.70. The van der Waals surface area contributed by atoms with Gasteiger partial charge in [-0.2, -0.15) is 0 Å². The first-order valence-corrected chi connectivity index (χ1v) is 7.90. The van der Waals surface area contributed by atoms with Crippen LogP contribution in [0.3, 0.4) is 0 Å². The molecule has 1 N–H and O–H groups in total. The highest BCUT2D eigenvalue weighted by Crippen LogP contribution is 2.52. The van der Waals surface area contributed by atoms with Crippen LogP contribution in [0.1, 0.15) is 61.8 Å². The van der Waals surface area contributed by atoms with E-state index in [0.29, 0.717) is 11.5 Å². The summed E-state index contributed by atoms with van der Waals surface area (Å²) in [6.45, 7) is 6.69. The number of benzene rings is 1. The van der Waals surface area contributed by atoms with Crippen molar-refractivity contribution in [3.63, 3.8) is 0 Å². The van der Waals surface area contributed by atoms with Gasteiger partial charge in [0.1, 0.15) is 5.75 Å². The zero-order valence-corrected chi connectivity index (χ0v) is 13.7. The quantitative estimate of drug-likeness (QED) is 0.851. The number of hydrogen-bond acceptors (Lipinski definition) is 2. The number of aryl methyl sites for hydroxylation is 2. The summed E-state index contributed by atoms with van der Waals surface area (Å²) in [5.41, 5.74) is 4.38. The summed E-state index contributed by atoms with van der Waals surface area (Å²) in [4.78, 5) is 0. The topological polar surface area (TPSA) is 21.3 Å². The number of ether oxygens (including phenoxy) is 1. The highest BCUT2D eigenvalue weighted by atomic mass is 16.5. The Bertz CT molecular complexity index is 461. The smallest absolute Gasteiger partial charge is 0.124 e. The molecule has 1 unspecified atom stereocenters. The average molecular weight is 275 g/mol. The first-order valence-electron chi connectivity index (χ1n) is 7.90. The van der Waals surface area contributed by atoms with Gasteiger partial charge >= 0.3 is 0 Å². The maximum Gasteiger partial charge on any atom is 0.124 e. The average Bonchev–Trinajstić information content (AvgIpc) is 2.91. The standard InChI is InChI=1S/C18H29NO/c1-6-18(9-7-8-10-18)17(19-4)16-14(3)11-13(2)12-15(16)20-5/h11-12,17,19H,6-10H2,1-5H3. The summed E-state index contributed by atoms with van der Waals surface area (Å²) in [6.07, 6.45) is 6.60. The van der Waals surface area contributed by atoms with Crippen molar-refractivity contribution < 1.29 is 4.74 Å². The molecule has 0 amide bonds. The Morgan fingerprint density at radius 3 is 2.40 bits per heavy atom. The lowest BCUT2D eigenvalue weighted by Gasteiger charge is -2.38. The van der Waals surface area contributed by atoms with Gasteiger partial charge in [0.15, 0.2) is 0 Å². The first-order chi connectivity index (χ1) is 9.57. The van der Waals surface area contributed by atoms with Gasteiger partial charge in [0, 0.05) is 11.6 Å². The molecule has 1 aliphatic carbocycles. The summed E-state index contributed by atoms with van der Waals surface area (Å²) < 4.78 is 5.70. The summed E-state index contributed by atoms with van der Waals surface area (Å²) in [5.74, 6) is 1.04. The van der Waals surface area contributed by atoms with Gasteiger partial charge in [0.25, 0.3) is 0 Å². The number of nitrogens with one attached hydrogen (secondary N) is 1. The molecule has 0 aliphatic heterocycles. The molecule has 1 aliphatic rings. The second kappa shape index (κ2) is 6.17. The van der Waals surface area contributed by atoms with Gasteiger partial charge in [-0.3, -0.25) is 0 Å². The van der Waals surface area contributed by atoms with E-state index in [1.165, 1.54) is 48.8 Å². The number of rotatable bonds is 5. The lowest BCUT2D eigenvalue weighted by atomic mass is 9.72. The van der Waals surface area contributed by atoms with Gasteiger partial charge in [-0.25, -0.2) is 0 Å². The Hall–Kier alpha value is -1.02. The van der Waals surface area contributed by atoms with E-state index in [9.17, 15) is 0 Å². The molecule has 0 saturated heterocycles. The van der Waals surface area contributed by atoms with E-state index in [0.717, 1.165) is 5.75 Å². The van der Waals surface area contributed by atoms with Crippen LogP contribution in [0.2, 0.25) is 0 Å². The molecule has 2 rings (SSSR count). The first kappa shape index (κ1) is 15.4. The fourth-order valence-corrected chi connectivity index (χ4v) is 4.16. The second-order valence-corrected chi connectivity index (χ2v) is 6.34. The van der Waals surface area contributed by atoms with Crippen LogP contribution in [-0.4, -0.2) is 14.2 Å². The normalized spacial score (nSPS) is 19.1. The Morgan fingerprint density at radius 1 is 1.25 bits per heavy atom. The van der Waals surface area contributed by atoms with Crippen molar-refractivity contribution in [3.8, 4) is 5.75 Å². The molecule has 2 nitrogen and oxygen atoms in total. The summed E-state index contributed by atoms with van der Waals surface area (Å²) >= 11 is 0. The van der Waals surface area contributed by atoms with Gasteiger partial charge in [0.05, 0.1) is 7.11 Å². The Labute approximate surface area is 123 Å². The minimum absolute atomic E-state index is 0.391. The molecule has 0 heterocycles. The van der Waals surface area contributed by atoms with Gasteiger partial charge in [-0.1, -0.05) is 25.8 Å². The van der Waals surface area contributed by atoms with Gasteiger partial charge < -0.3 is 10.1 Å². The van der Waals surface area contributed by atoms with Crippen molar-refractivity contribution in [1.29, 1.82) is 0 Å². The van der Waals surface area contributed by atoms with Crippen LogP contribution >= 0.6 is 0 Å². The van der Waals surface area contributed by atoms with E-state index in [1.54, 1.807) is 7.11 Å². The van der Waals surface area contributed by atoms with E-state index in [4.69, 9.17) is 4.74 Å². The van der Waals surface area contributed by atoms with Crippen LogP contribution in [0.15, 0.2) is 12.1 Å². The van der Waals surface area contributed by atoms with Crippen LogP contribution in [0.4, 0.5) is 0 Å². The molecule has 1 aromatic rings. The van der Waals surface area contributed by atoms with Crippen LogP contribution < -0.4 is 10.1 Å². The monoisotopic (exact) mass is 275 g/mol. The Morgan fingerprint density at radius 2 is 1.90 bits per heavy atom. The van der Waals surface area contributed by atoms with Crippen LogP contribution in [0, 0.1) is 19.3 Å². The molecule has 0 aromatic heterocycles. The molecule has 0 spiro atoms. The molecule has 1 fully saturated rings. The van der Waals surface area contributed by atoms with Crippen molar-refractivity contribution >= 4 is 0 Å². The predicted octanol–water partition coefficient (Wildman–Crippen LogP) is 4.54. The minimum Gasteiger partial charge on any atom is -0.496 e. The summed E-state index contributed by atoms with van der Waals surface area (Å²) in [7, 11) is 3.89. The zero-order valence-electron chi connectivity index (χ0n) is 13.7. The maximum absolute atomic E-state index is 5.70. The van der Waals surface area contributed by atoms with Crippen molar-refractivity contribution in [2.24, 2.45) is 5.41 Å². The lowest BCUT2D eigenvalue weighted by molar-refractivity contribution is 0.191. The fraction of sp³-hybridized carbons (Fsp3) is 0.667. The summed E-state index contributed by atoms with van der Waals surface area (Å²) in [6, 6.07) is 4.84. The highest BCUT2D eigenvalue weighted by Gasteiger charge is 2.41. The molecule has 1 saturated carbocycles. The minimum atomic E-state index is 0.391. The van der Waals surface area contributed by atoms with E-state index < -0.39 is 0 Å². The van der Waals surface area contributed by atoms with Crippen molar-refractivity contribution in [2.45, 2.75) is 58.9 Å². The highest BCUT2D eigenvalue weighted by molar-refractivity contribution is 5.46. The van der Waals surface area contributed by atoms with E-state index >= 15 is 0 Å². The van der Waals surface area contributed by atoms with Gasteiger partial charge in [-0.05, 0) is 62.8 Å². The molecular formula is C18H29NO. The van der Waals surface area contributed by atoms with Crippen LogP contribution in [0.5, 0.6) is 5.75 Å². The third kappa shape index (κ3) is 2.58. The largest absolute Gasteiger partial charge is 0.496 e.